The minimum atomic E-state index is -0.152. The maximum absolute atomic E-state index is 12.8. The van der Waals surface area contributed by atoms with E-state index in [9.17, 15) is 4.79 Å². The molecule has 205 valence electrons. The monoisotopic (exact) mass is 549 g/mol. The Hall–Kier alpha value is -3.91. The van der Waals surface area contributed by atoms with Crippen LogP contribution in [0.5, 0.6) is 17.2 Å². The molecule has 0 aliphatic heterocycles. The minimum Gasteiger partial charge on any atom is -0.496 e. The molecule has 9 heteroatoms. The molecule has 0 aliphatic rings. The highest BCUT2D eigenvalue weighted by atomic mass is 35.5. The first-order valence-electron chi connectivity index (χ1n) is 12.8. The molecule has 4 rings (SSSR count). The summed E-state index contributed by atoms with van der Waals surface area (Å²) in [5, 5.41) is 4.90. The van der Waals surface area contributed by atoms with E-state index in [1.54, 1.807) is 21.3 Å². The number of aromatic nitrogens is 2. The number of methoxy groups -OCH3 is 3. The van der Waals surface area contributed by atoms with E-state index >= 15 is 0 Å². The predicted octanol–water partition coefficient (Wildman–Crippen LogP) is 5.64. The van der Waals surface area contributed by atoms with Gasteiger partial charge in [0, 0.05) is 17.7 Å². The van der Waals surface area contributed by atoms with Gasteiger partial charge < -0.3 is 24.5 Å². The number of amides is 1. The van der Waals surface area contributed by atoms with E-state index in [1.165, 1.54) is 0 Å². The van der Waals surface area contributed by atoms with Gasteiger partial charge in [-0.2, -0.15) is 0 Å². The van der Waals surface area contributed by atoms with Crippen molar-refractivity contribution in [1.29, 1.82) is 0 Å². The number of anilines is 1. The van der Waals surface area contributed by atoms with Gasteiger partial charge in [0.05, 0.1) is 43.9 Å². The largest absolute Gasteiger partial charge is 0.496 e. The molecule has 0 fully saturated rings. The first-order valence-corrected chi connectivity index (χ1v) is 13.2. The number of hydrogen-bond donors (Lipinski definition) is 1. The molecule has 0 saturated heterocycles. The van der Waals surface area contributed by atoms with E-state index in [0.29, 0.717) is 53.8 Å². The summed E-state index contributed by atoms with van der Waals surface area (Å²) < 4.78 is 18.3. The van der Waals surface area contributed by atoms with Crippen LogP contribution in [0.3, 0.4) is 0 Å². The number of nitrogen functional groups attached to an aromatic ring is 1. The second kappa shape index (κ2) is 12.8. The number of rotatable bonds is 12. The zero-order valence-corrected chi connectivity index (χ0v) is 23.5. The topological polar surface area (TPSA) is 103 Å². The molecule has 0 bridgehead atoms. The van der Waals surface area contributed by atoms with Gasteiger partial charge >= 0.3 is 0 Å². The Labute approximate surface area is 234 Å². The number of halogens is 1. The van der Waals surface area contributed by atoms with Crippen LogP contribution in [-0.2, 0) is 24.3 Å². The smallest absolute Gasteiger partial charge is 0.241 e. The number of carbonyl (C=O) groups is 1. The van der Waals surface area contributed by atoms with Crippen LogP contribution in [0.1, 0.15) is 36.7 Å². The number of hydrogen-bond acceptors (Lipinski definition) is 6. The molecule has 8 nitrogen and oxygen atoms in total. The van der Waals surface area contributed by atoms with Crippen molar-refractivity contribution in [3.63, 3.8) is 0 Å². The molecule has 1 atom stereocenters. The molecule has 1 radical (unpaired) electrons. The van der Waals surface area contributed by atoms with E-state index in [-0.39, 0.29) is 18.4 Å². The maximum atomic E-state index is 12.8. The van der Waals surface area contributed by atoms with Crippen LogP contribution in [0.4, 0.5) is 5.69 Å². The van der Waals surface area contributed by atoms with Gasteiger partial charge in [0.2, 0.25) is 5.91 Å². The van der Waals surface area contributed by atoms with E-state index in [0.717, 1.165) is 27.9 Å². The van der Waals surface area contributed by atoms with Crippen LogP contribution < -0.4 is 25.3 Å². The molecule has 4 aromatic rings. The molecule has 1 amide bonds. The van der Waals surface area contributed by atoms with E-state index in [2.05, 4.69) is 16.8 Å². The van der Waals surface area contributed by atoms with Gasteiger partial charge in [0.1, 0.15) is 18.1 Å². The molecule has 39 heavy (non-hydrogen) atoms. The lowest BCUT2D eigenvalue weighted by molar-refractivity contribution is -0.121. The number of para-hydroxylation sites is 2. The van der Waals surface area contributed by atoms with Gasteiger partial charge in [-0.25, -0.2) is 10.3 Å². The molecule has 0 spiro atoms. The van der Waals surface area contributed by atoms with E-state index in [4.69, 9.17) is 36.5 Å². The molecule has 0 saturated carbocycles. The van der Waals surface area contributed by atoms with Crippen LogP contribution in [0.15, 0.2) is 54.6 Å². The lowest BCUT2D eigenvalue weighted by atomic mass is 9.96. The van der Waals surface area contributed by atoms with Gasteiger partial charge in [0.25, 0.3) is 0 Å². The zero-order valence-electron chi connectivity index (χ0n) is 22.7. The summed E-state index contributed by atoms with van der Waals surface area (Å²) >= 11 is 6.54. The highest BCUT2D eigenvalue weighted by Crippen LogP contribution is 2.38. The van der Waals surface area contributed by atoms with Crippen molar-refractivity contribution in [1.82, 2.24) is 14.9 Å². The SMILES string of the molecule is COc1ccc(N)cc1Cn1c(C[N]C(=O)CCC(C)Cc2ccc(OC)c(OC)c2Cl)nc2ccccc21. The van der Waals surface area contributed by atoms with Crippen molar-refractivity contribution in [2.45, 2.75) is 39.3 Å². The molecule has 0 aliphatic carbocycles. The summed E-state index contributed by atoms with van der Waals surface area (Å²) in [5.74, 6) is 2.63. The Morgan fingerprint density at radius 2 is 1.77 bits per heavy atom. The third kappa shape index (κ3) is 6.57. The normalized spacial score (nSPS) is 11.8. The first kappa shape index (κ1) is 28.1. The standard InChI is InChI=1S/C30H34ClN4O4/c1-19(15-20-10-12-26(38-3)30(39-4)29(20)31)9-14-28(36)33-17-27-34-23-7-5-6-8-24(23)35(27)18-21-16-22(32)11-13-25(21)37-2/h5-8,10-13,16,19H,9,14-15,17-18,32H2,1-4H3. The van der Waals surface area contributed by atoms with E-state index in [1.807, 2.05) is 54.6 Å². The average molecular weight is 550 g/mol. The second-order valence-electron chi connectivity index (χ2n) is 9.51. The summed E-state index contributed by atoms with van der Waals surface area (Å²) in [4.78, 5) is 17.5. The fourth-order valence-electron chi connectivity index (χ4n) is 4.69. The van der Waals surface area contributed by atoms with Crippen molar-refractivity contribution in [3.8, 4) is 17.2 Å². The molecule has 1 aromatic heterocycles. The number of carbonyl (C=O) groups excluding carboxylic acids is 1. The highest BCUT2D eigenvalue weighted by Gasteiger charge is 2.18. The number of benzene rings is 3. The lowest BCUT2D eigenvalue weighted by Gasteiger charge is -2.16. The molecular formula is C30H34ClN4O4. The van der Waals surface area contributed by atoms with Crippen molar-refractivity contribution >= 4 is 34.2 Å². The Bertz CT molecular complexity index is 1450. The summed E-state index contributed by atoms with van der Waals surface area (Å²) in [6.07, 6.45) is 1.74. The first-order chi connectivity index (χ1) is 18.8. The highest BCUT2D eigenvalue weighted by molar-refractivity contribution is 6.33. The van der Waals surface area contributed by atoms with Gasteiger partial charge in [-0.05, 0) is 60.7 Å². The van der Waals surface area contributed by atoms with Gasteiger partial charge in [-0.1, -0.05) is 36.7 Å². The van der Waals surface area contributed by atoms with Crippen LogP contribution in [0, 0.1) is 5.92 Å². The summed E-state index contributed by atoms with van der Waals surface area (Å²) in [6.45, 7) is 2.78. The molecular weight excluding hydrogens is 516 g/mol. The van der Waals surface area contributed by atoms with Crippen molar-refractivity contribution in [2.24, 2.45) is 5.92 Å². The zero-order chi connectivity index (χ0) is 27.9. The number of imidazole rings is 1. The molecule has 1 unspecified atom stereocenters. The lowest BCUT2D eigenvalue weighted by Crippen LogP contribution is -2.19. The summed E-state index contributed by atoms with van der Waals surface area (Å²) in [5.41, 5.74) is 10.4. The fraction of sp³-hybridized carbons (Fsp3) is 0.333. The van der Waals surface area contributed by atoms with Crippen molar-refractivity contribution in [3.05, 3.63) is 76.6 Å². The quantitative estimate of drug-likeness (QED) is 0.229. The molecule has 1 heterocycles. The molecule has 2 N–H and O–H groups in total. The van der Waals surface area contributed by atoms with Gasteiger partial charge in [0.15, 0.2) is 11.5 Å². The number of ether oxygens (including phenoxy) is 3. The Morgan fingerprint density at radius 1 is 1.03 bits per heavy atom. The predicted molar refractivity (Wildman–Crippen MR) is 154 cm³/mol. The van der Waals surface area contributed by atoms with E-state index < -0.39 is 0 Å². The number of fused-ring (bicyclic) bond motifs is 1. The van der Waals surface area contributed by atoms with Crippen LogP contribution in [0.2, 0.25) is 5.02 Å². The maximum Gasteiger partial charge on any atom is 0.241 e. The summed E-state index contributed by atoms with van der Waals surface area (Å²) in [7, 11) is 4.78. The van der Waals surface area contributed by atoms with Crippen LogP contribution in [-0.4, -0.2) is 36.8 Å². The van der Waals surface area contributed by atoms with Gasteiger partial charge in [-0.3, -0.25) is 4.79 Å². The third-order valence-electron chi connectivity index (χ3n) is 6.75. The fourth-order valence-corrected chi connectivity index (χ4v) is 5.00. The van der Waals surface area contributed by atoms with Crippen LogP contribution in [0.25, 0.3) is 11.0 Å². The number of nitrogens with two attached hydrogens (primary N) is 1. The van der Waals surface area contributed by atoms with Crippen molar-refractivity contribution in [2.75, 3.05) is 27.1 Å². The van der Waals surface area contributed by atoms with Gasteiger partial charge in [-0.15, -0.1) is 0 Å². The third-order valence-corrected chi connectivity index (χ3v) is 7.16. The average Bonchev–Trinajstić information content (AvgIpc) is 3.29. The molecule has 3 aromatic carbocycles. The summed E-state index contributed by atoms with van der Waals surface area (Å²) in [6, 6.07) is 17.2. The Morgan fingerprint density at radius 3 is 2.51 bits per heavy atom. The second-order valence-corrected chi connectivity index (χ2v) is 9.88. The van der Waals surface area contributed by atoms with Crippen LogP contribution >= 0.6 is 11.6 Å². The minimum absolute atomic E-state index is 0.152. The van der Waals surface area contributed by atoms with Crippen molar-refractivity contribution < 1.29 is 19.0 Å². The Kier molecular flexibility index (Phi) is 9.19. The Balaban J connectivity index is 1.40. The number of nitrogens with zero attached hydrogens (tertiary/aromatic N) is 3.